The maximum atomic E-state index is 13.3. The van der Waals surface area contributed by atoms with Crippen molar-refractivity contribution in [2.75, 3.05) is 13.2 Å². The molecule has 6 aromatic rings. The van der Waals surface area contributed by atoms with Crippen molar-refractivity contribution in [3.63, 3.8) is 0 Å². The number of hydrogen-bond donors (Lipinski definition) is 0. The quantitative estimate of drug-likeness (QED) is 0.0761. The molecule has 262 valence electrons. The number of halogens is 2. The summed E-state index contributed by atoms with van der Waals surface area (Å²) >= 11 is 12.2. The molecule has 0 unspecified atom stereocenters. The molecule has 0 fully saturated rings. The average molecular weight is 736 g/mol. The van der Waals surface area contributed by atoms with Gasteiger partial charge in [-0.25, -0.2) is 9.36 Å². The fraction of sp³-hybridized carbons (Fsp3) is 0.150. The Labute approximate surface area is 309 Å². The number of ketones is 4. The third-order valence-electron chi connectivity index (χ3n) is 8.04. The molecule has 0 saturated carbocycles. The van der Waals surface area contributed by atoms with Gasteiger partial charge in [-0.1, -0.05) is 35.3 Å². The molecule has 52 heavy (non-hydrogen) atoms. The van der Waals surface area contributed by atoms with Gasteiger partial charge < -0.3 is 9.47 Å². The third-order valence-corrected chi connectivity index (χ3v) is 8.51. The van der Waals surface area contributed by atoms with Crippen LogP contribution in [0.4, 0.5) is 0 Å². The summed E-state index contributed by atoms with van der Waals surface area (Å²) in [6, 6.07) is 27.4. The van der Waals surface area contributed by atoms with E-state index in [4.69, 9.17) is 32.7 Å². The normalized spacial score (nSPS) is 10.9. The Hall–Kier alpha value is -5.84. The van der Waals surface area contributed by atoms with Crippen molar-refractivity contribution in [3.05, 3.63) is 153 Å². The predicted octanol–water partition coefficient (Wildman–Crippen LogP) is 8.47. The van der Waals surface area contributed by atoms with Crippen LogP contribution >= 0.6 is 23.2 Å². The topological polar surface area (TPSA) is 122 Å². The van der Waals surface area contributed by atoms with Crippen molar-refractivity contribution in [3.8, 4) is 22.9 Å². The molecule has 4 aromatic carbocycles. The zero-order valence-electron chi connectivity index (χ0n) is 28.2. The average Bonchev–Trinajstić information content (AvgIpc) is 3.80. The van der Waals surface area contributed by atoms with E-state index in [0.717, 1.165) is 0 Å². The molecule has 0 N–H and O–H groups in total. The van der Waals surface area contributed by atoms with Gasteiger partial charge in [0.1, 0.15) is 22.9 Å². The minimum Gasteiger partial charge on any atom is -0.494 e. The number of ether oxygens (including phenoxy) is 2. The van der Waals surface area contributed by atoms with E-state index < -0.39 is 0 Å². The van der Waals surface area contributed by atoms with Crippen LogP contribution in [0.2, 0.25) is 10.0 Å². The van der Waals surface area contributed by atoms with E-state index in [9.17, 15) is 19.2 Å². The number of hydrogen-bond acceptors (Lipinski definition) is 8. The number of aromatic nitrogens is 4. The van der Waals surface area contributed by atoms with Crippen LogP contribution < -0.4 is 9.47 Å². The Morgan fingerprint density at radius 3 is 1.31 bits per heavy atom. The summed E-state index contributed by atoms with van der Waals surface area (Å²) in [7, 11) is 0. The van der Waals surface area contributed by atoms with E-state index >= 15 is 0 Å². The zero-order valence-corrected chi connectivity index (χ0v) is 29.7. The Bertz CT molecular complexity index is 2120. The second-order valence-corrected chi connectivity index (χ2v) is 12.7. The Balaban J connectivity index is 0.978. The first kappa shape index (κ1) is 36.0. The molecule has 12 heteroatoms. The first-order valence-electron chi connectivity index (χ1n) is 16.4. The standard InChI is InChI=1S/C40H32Cl2N4O6/c1-25(47)37-35(23-45(43-37)31-9-5-7-29(41)21-31)39(49)27-11-15-33(16-12-27)51-19-3-4-20-52-34-17-13-28(14-18-34)40(50)36-24-46(44-38(36)26(2)48)32-10-6-8-30(42)22-32/h5-18,21-24H,3-4,19-20H2,1-2H3. The lowest BCUT2D eigenvalue weighted by atomic mass is 10.0. The molecule has 0 atom stereocenters. The minimum absolute atomic E-state index is 0.0823. The van der Waals surface area contributed by atoms with Gasteiger partial charge >= 0.3 is 0 Å². The van der Waals surface area contributed by atoms with E-state index in [2.05, 4.69) is 10.2 Å². The highest BCUT2D eigenvalue weighted by molar-refractivity contribution is 6.31. The predicted molar refractivity (Wildman–Crippen MR) is 197 cm³/mol. The van der Waals surface area contributed by atoms with Gasteiger partial charge in [0, 0.05) is 47.4 Å². The lowest BCUT2D eigenvalue weighted by molar-refractivity contribution is 0.0986. The molecule has 6 rings (SSSR count). The van der Waals surface area contributed by atoms with Crippen LogP contribution in [-0.2, 0) is 0 Å². The second-order valence-electron chi connectivity index (χ2n) is 11.9. The van der Waals surface area contributed by atoms with Crippen molar-refractivity contribution >= 4 is 46.3 Å². The van der Waals surface area contributed by atoms with E-state index in [0.29, 0.717) is 70.1 Å². The monoisotopic (exact) mass is 734 g/mol. The fourth-order valence-corrected chi connectivity index (χ4v) is 5.77. The Kier molecular flexibility index (Phi) is 11.1. The fourth-order valence-electron chi connectivity index (χ4n) is 5.40. The van der Waals surface area contributed by atoms with Gasteiger partial charge in [0.2, 0.25) is 0 Å². The van der Waals surface area contributed by atoms with Crippen LogP contribution in [0, 0.1) is 0 Å². The SMILES string of the molecule is CC(=O)c1nn(-c2cccc(Cl)c2)cc1C(=O)c1ccc(OCCCCOc2ccc(C(=O)c3cn(-c4cccc(Cl)c4)nc3C(C)=O)cc2)cc1. The Morgan fingerprint density at radius 1 is 0.577 bits per heavy atom. The van der Waals surface area contributed by atoms with Crippen molar-refractivity contribution in [2.45, 2.75) is 26.7 Å². The minimum atomic E-state index is -0.328. The van der Waals surface area contributed by atoms with E-state index in [1.54, 1.807) is 97.1 Å². The van der Waals surface area contributed by atoms with Gasteiger partial charge in [-0.15, -0.1) is 0 Å². The first-order chi connectivity index (χ1) is 25.1. The van der Waals surface area contributed by atoms with E-state index in [1.165, 1.54) is 35.6 Å². The number of benzene rings is 4. The van der Waals surface area contributed by atoms with Crippen LogP contribution in [0.3, 0.4) is 0 Å². The molecule has 0 bridgehead atoms. The molecule has 0 spiro atoms. The van der Waals surface area contributed by atoms with Crippen molar-refractivity contribution in [2.24, 2.45) is 0 Å². The lowest BCUT2D eigenvalue weighted by Crippen LogP contribution is -2.07. The molecule has 0 saturated heterocycles. The van der Waals surface area contributed by atoms with Crippen molar-refractivity contribution in [1.82, 2.24) is 19.6 Å². The molecule has 0 radical (unpaired) electrons. The molecule has 0 aliphatic carbocycles. The molecule has 0 amide bonds. The number of nitrogens with zero attached hydrogens (tertiary/aromatic N) is 4. The largest absolute Gasteiger partial charge is 0.494 e. The van der Waals surface area contributed by atoms with Gasteiger partial charge in [-0.3, -0.25) is 19.2 Å². The Morgan fingerprint density at radius 2 is 0.962 bits per heavy atom. The van der Waals surface area contributed by atoms with Gasteiger partial charge in [0.25, 0.3) is 0 Å². The summed E-state index contributed by atoms with van der Waals surface area (Å²) in [6.45, 7) is 3.62. The maximum Gasteiger partial charge on any atom is 0.196 e. The summed E-state index contributed by atoms with van der Waals surface area (Å²) in [4.78, 5) is 51.3. The summed E-state index contributed by atoms with van der Waals surface area (Å²) in [6.07, 6.45) is 4.51. The van der Waals surface area contributed by atoms with E-state index in [1.807, 2.05) is 0 Å². The number of carbonyl (C=O) groups is 4. The van der Waals surface area contributed by atoms with Crippen molar-refractivity contribution in [1.29, 1.82) is 0 Å². The highest BCUT2D eigenvalue weighted by atomic mass is 35.5. The van der Waals surface area contributed by atoms with Crippen LogP contribution in [-0.4, -0.2) is 55.9 Å². The summed E-state index contributed by atoms with van der Waals surface area (Å²) in [5.41, 5.74) is 2.63. The van der Waals surface area contributed by atoms with Crippen LogP contribution in [0.25, 0.3) is 11.4 Å². The highest BCUT2D eigenvalue weighted by Gasteiger charge is 2.23. The second kappa shape index (κ2) is 16.0. The summed E-state index contributed by atoms with van der Waals surface area (Å²) in [5.74, 6) is -0.0923. The van der Waals surface area contributed by atoms with Gasteiger partial charge in [0.05, 0.1) is 35.7 Å². The van der Waals surface area contributed by atoms with Gasteiger partial charge in [-0.05, 0) is 97.8 Å². The smallest absolute Gasteiger partial charge is 0.196 e. The number of rotatable bonds is 15. The molecular weight excluding hydrogens is 703 g/mol. The van der Waals surface area contributed by atoms with Gasteiger partial charge in [-0.2, -0.15) is 10.2 Å². The maximum absolute atomic E-state index is 13.3. The molecule has 0 aliphatic rings. The first-order valence-corrected chi connectivity index (χ1v) is 17.1. The summed E-state index contributed by atoms with van der Waals surface area (Å²) in [5, 5.41) is 9.69. The number of unbranched alkanes of at least 4 members (excludes halogenated alkanes) is 1. The number of carbonyl (C=O) groups excluding carboxylic acids is 4. The lowest BCUT2D eigenvalue weighted by Gasteiger charge is -2.09. The molecule has 2 aromatic heterocycles. The zero-order chi connectivity index (χ0) is 36.8. The molecule has 2 heterocycles. The molecular formula is C40H32Cl2N4O6. The van der Waals surface area contributed by atoms with Crippen LogP contribution in [0.1, 0.15) is 79.5 Å². The third kappa shape index (κ3) is 8.37. The van der Waals surface area contributed by atoms with Crippen LogP contribution in [0.15, 0.2) is 109 Å². The van der Waals surface area contributed by atoms with Gasteiger partial charge in [0.15, 0.2) is 23.1 Å². The van der Waals surface area contributed by atoms with Crippen molar-refractivity contribution < 1.29 is 28.7 Å². The molecule has 10 nitrogen and oxygen atoms in total. The summed E-state index contributed by atoms with van der Waals surface area (Å²) < 4.78 is 14.7. The number of Topliss-reactive ketones (excluding diaryl/α,β-unsaturated/α-hetero) is 2. The molecule has 0 aliphatic heterocycles. The van der Waals surface area contributed by atoms with Crippen LogP contribution in [0.5, 0.6) is 11.5 Å². The highest BCUT2D eigenvalue weighted by Crippen LogP contribution is 2.23. The van der Waals surface area contributed by atoms with E-state index in [-0.39, 0.29) is 45.6 Å².